The molecule has 0 bridgehead atoms. The van der Waals surface area contributed by atoms with Gasteiger partial charge in [0.1, 0.15) is 0 Å². The fourth-order valence-electron chi connectivity index (χ4n) is 2.27. The largest absolute Gasteiger partial charge is 0.333 e. The van der Waals surface area contributed by atoms with Crippen LogP contribution in [0.4, 0.5) is 0 Å². The van der Waals surface area contributed by atoms with Gasteiger partial charge >= 0.3 is 0 Å². The van der Waals surface area contributed by atoms with E-state index in [0.717, 1.165) is 25.8 Å². The topological polar surface area (TPSA) is 37.4 Å². The molecule has 1 saturated heterocycles. The highest BCUT2D eigenvalue weighted by Gasteiger charge is 2.35. The Morgan fingerprint density at radius 2 is 2.00 bits per heavy atom. The van der Waals surface area contributed by atoms with Crippen molar-refractivity contribution >= 4 is 11.7 Å². The SMILES string of the molecule is CCCC1C[C@@H](C(C)=O)N(C(C)=O)C1. The molecule has 0 aromatic heterocycles. The predicted molar refractivity (Wildman–Crippen MR) is 54.9 cm³/mol. The molecule has 1 heterocycles. The Bertz CT molecular complexity index is 215. The average molecular weight is 197 g/mol. The van der Waals surface area contributed by atoms with Crippen molar-refractivity contribution in [3.63, 3.8) is 0 Å². The normalized spacial score (nSPS) is 26.6. The molecule has 1 unspecified atom stereocenters. The number of hydrogen-bond acceptors (Lipinski definition) is 2. The molecular weight excluding hydrogens is 178 g/mol. The van der Waals surface area contributed by atoms with Crippen LogP contribution in [0.15, 0.2) is 0 Å². The number of likely N-dealkylation sites (tertiary alicyclic amines) is 1. The van der Waals surface area contributed by atoms with Crippen LogP contribution in [0.5, 0.6) is 0 Å². The van der Waals surface area contributed by atoms with E-state index in [1.807, 2.05) is 0 Å². The van der Waals surface area contributed by atoms with Crippen LogP contribution in [0.1, 0.15) is 40.0 Å². The van der Waals surface area contributed by atoms with Crippen molar-refractivity contribution in [2.75, 3.05) is 6.54 Å². The summed E-state index contributed by atoms with van der Waals surface area (Å²) in [5, 5.41) is 0. The molecule has 0 N–H and O–H groups in total. The summed E-state index contributed by atoms with van der Waals surface area (Å²) < 4.78 is 0. The van der Waals surface area contributed by atoms with Gasteiger partial charge in [0.05, 0.1) is 6.04 Å². The predicted octanol–water partition coefficient (Wildman–Crippen LogP) is 1.61. The number of nitrogens with zero attached hydrogens (tertiary/aromatic N) is 1. The van der Waals surface area contributed by atoms with Gasteiger partial charge in [-0.2, -0.15) is 0 Å². The molecule has 1 rings (SSSR count). The summed E-state index contributed by atoms with van der Waals surface area (Å²) in [6, 6.07) is -0.149. The van der Waals surface area contributed by atoms with Gasteiger partial charge in [-0.25, -0.2) is 0 Å². The van der Waals surface area contributed by atoms with Crippen molar-refractivity contribution in [3.05, 3.63) is 0 Å². The first-order valence-corrected chi connectivity index (χ1v) is 5.34. The van der Waals surface area contributed by atoms with Crippen LogP contribution in [0, 0.1) is 5.92 Å². The van der Waals surface area contributed by atoms with Crippen LogP contribution in [-0.4, -0.2) is 29.2 Å². The van der Waals surface area contributed by atoms with Gasteiger partial charge in [0.2, 0.25) is 5.91 Å². The van der Waals surface area contributed by atoms with Crippen LogP contribution in [-0.2, 0) is 9.59 Å². The number of ketones is 1. The first-order chi connectivity index (χ1) is 6.56. The molecule has 1 amide bonds. The summed E-state index contributed by atoms with van der Waals surface area (Å²) in [4.78, 5) is 24.3. The fourth-order valence-corrected chi connectivity index (χ4v) is 2.27. The molecule has 0 spiro atoms. The van der Waals surface area contributed by atoms with Gasteiger partial charge in [-0.05, 0) is 25.7 Å². The maximum Gasteiger partial charge on any atom is 0.220 e. The van der Waals surface area contributed by atoms with Gasteiger partial charge in [0, 0.05) is 13.5 Å². The summed E-state index contributed by atoms with van der Waals surface area (Å²) in [6.07, 6.45) is 3.11. The highest BCUT2D eigenvalue weighted by molar-refractivity contribution is 5.87. The third-order valence-corrected chi connectivity index (χ3v) is 2.96. The Balaban J connectivity index is 2.65. The van der Waals surface area contributed by atoms with Crippen molar-refractivity contribution in [3.8, 4) is 0 Å². The summed E-state index contributed by atoms with van der Waals surface area (Å²) >= 11 is 0. The summed E-state index contributed by atoms with van der Waals surface area (Å²) in [6.45, 7) is 6.03. The first kappa shape index (κ1) is 11.2. The van der Waals surface area contributed by atoms with Gasteiger partial charge in [0.25, 0.3) is 0 Å². The standard InChI is InChI=1S/C11H19NO2/c1-4-5-10-6-11(8(2)13)12(7-10)9(3)14/h10-11H,4-7H2,1-3H3/t10?,11-/m0/s1. The molecule has 80 valence electrons. The molecule has 3 nitrogen and oxygen atoms in total. The Morgan fingerprint density at radius 1 is 1.36 bits per heavy atom. The van der Waals surface area contributed by atoms with E-state index in [0.29, 0.717) is 5.92 Å². The molecular formula is C11H19NO2. The smallest absolute Gasteiger partial charge is 0.220 e. The van der Waals surface area contributed by atoms with Gasteiger partial charge < -0.3 is 4.90 Å². The van der Waals surface area contributed by atoms with Crippen LogP contribution in [0.3, 0.4) is 0 Å². The summed E-state index contributed by atoms with van der Waals surface area (Å²) in [7, 11) is 0. The molecule has 0 radical (unpaired) electrons. The van der Waals surface area contributed by atoms with Crippen molar-refractivity contribution < 1.29 is 9.59 Å². The molecule has 1 aliphatic heterocycles. The zero-order valence-electron chi connectivity index (χ0n) is 9.25. The van der Waals surface area contributed by atoms with Crippen LogP contribution in [0.2, 0.25) is 0 Å². The zero-order chi connectivity index (χ0) is 10.7. The van der Waals surface area contributed by atoms with E-state index >= 15 is 0 Å². The zero-order valence-corrected chi connectivity index (χ0v) is 9.25. The lowest BCUT2D eigenvalue weighted by Gasteiger charge is -2.20. The lowest BCUT2D eigenvalue weighted by atomic mass is 9.99. The third kappa shape index (κ3) is 2.34. The van der Waals surface area contributed by atoms with Gasteiger partial charge in [-0.1, -0.05) is 13.3 Å². The second kappa shape index (κ2) is 4.58. The van der Waals surface area contributed by atoms with Crippen molar-refractivity contribution in [2.45, 2.75) is 46.1 Å². The minimum atomic E-state index is -0.149. The molecule has 2 atom stereocenters. The van der Waals surface area contributed by atoms with Crippen molar-refractivity contribution in [1.29, 1.82) is 0 Å². The van der Waals surface area contributed by atoms with Gasteiger partial charge in [-0.15, -0.1) is 0 Å². The van der Waals surface area contributed by atoms with E-state index in [-0.39, 0.29) is 17.7 Å². The Hall–Kier alpha value is -0.860. The number of carbonyl (C=O) groups excluding carboxylic acids is 2. The monoisotopic (exact) mass is 197 g/mol. The molecule has 1 fully saturated rings. The lowest BCUT2D eigenvalue weighted by Crippen LogP contribution is -2.38. The van der Waals surface area contributed by atoms with E-state index in [1.165, 1.54) is 0 Å². The average Bonchev–Trinajstić information content (AvgIpc) is 2.49. The van der Waals surface area contributed by atoms with Crippen LogP contribution < -0.4 is 0 Å². The second-order valence-corrected chi connectivity index (χ2v) is 4.19. The highest BCUT2D eigenvalue weighted by atomic mass is 16.2. The number of hydrogen-bond donors (Lipinski definition) is 0. The molecule has 0 aromatic rings. The number of rotatable bonds is 3. The number of amides is 1. The molecule has 1 aliphatic rings. The second-order valence-electron chi connectivity index (χ2n) is 4.19. The molecule has 0 aliphatic carbocycles. The minimum Gasteiger partial charge on any atom is -0.333 e. The van der Waals surface area contributed by atoms with Crippen LogP contribution in [0.25, 0.3) is 0 Å². The molecule has 0 saturated carbocycles. The van der Waals surface area contributed by atoms with Crippen molar-refractivity contribution in [1.82, 2.24) is 4.90 Å². The fraction of sp³-hybridized carbons (Fsp3) is 0.818. The van der Waals surface area contributed by atoms with Gasteiger partial charge in [0.15, 0.2) is 5.78 Å². The molecule has 0 aromatic carbocycles. The first-order valence-electron chi connectivity index (χ1n) is 5.34. The van der Waals surface area contributed by atoms with Gasteiger partial charge in [-0.3, -0.25) is 9.59 Å². The summed E-state index contributed by atoms with van der Waals surface area (Å²) in [5.41, 5.74) is 0. The maximum atomic E-state index is 11.3. The Labute approximate surface area is 85.5 Å². The Kier molecular flexibility index (Phi) is 3.67. The van der Waals surface area contributed by atoms with E-state index in [1.54, 1.807) is 18.7 Å². The maximum absolute atomic E-state index is 11.3. The van der Waals surface area contributed by atoms with E-state index in [9.17, 15) is 9.59 Å². The van der Waals surface area contributed by atoms with E-state index in [4.69, 9.17) is 0 Å². The quantitative estimate of drug-likeness (QED) is 0.689. The lowest BCUT2D eigenvalue weighted by molar-refractivity contribution is -0.135. The Morgan fingerprint density at radius 3 is 2.36 bits per heavy atom. The summed E-state index contributed by atoms with van der Waals surface area (Å²) in [5.74, 6) is 0.681. The molecule has 14 heavy (non-hydrogen) atoms. The van der Waals surface area contributed by atoms with Crippen LogP contribution >= 0.6 is 0 Å². The number of Topliss-reactive ketones (excluding diaryl/α,β-unsaturated/α-hetero) is 1. The number of carbonyl (C=O) groups is 2. The van der Waals surface area contributed by atoms with E-state index < -0.39 is 0 Å². The van der Waals surface area contributed by atoms with Crippen molar-refractivity contribution in [2.24, 2.45) is 5.92 Å². The highest BCUT2D eigenvalue weighted by Crippen LogP contribution is 2.27. The third-order valence-electron chi connectivity index (χ3n) is 2.96. The van der Waals surface area contributed by atoms with E-state index in [2.05, 4.69) is 6.92 Å². The minimum absolute atomic E-state index is 0.0313. The molecule has 3 heteroatoms.